The maximum Gasteiger partial charge on any atom is 0.416 e. The molecule has 0 aliphatic heterocycles. The van der Waals surface area contributed by atoms with Crippen molar-refractivity contribution in [2.24, 2.45) is 0 Å². The van der Waals surface area contributed by atoms with Crippen LogP contribution in [-0.4, -0.2) is 39.7 Å². The van der Waals surface area contributed by atoms with Crippen LogP contribution in [0.15, 0.2) is 28.8 Å². The third-order valence-corrected chi connectivity index (χ3v) is 3.59. The number of rotatable bonds is 6. The second-order valence-electron chi connectivity index (χ2n) is 5.34. The van der Waals surface area contributed by atoms with Crippen molar-refractivity contribution in [2.75, 3.05) is 13.6 Å². The van der Waals surface area contributed by atoms with Crippen LogP contribution in [0, 0.1) is 0 Å². The third kappa shape index (κ3) is 4.31. The first-order valence-corrected chi connectivity index (χ1v) is 7.11. The minimum Gasteiger partial charge on any atom is -0.481 e. The Labute approximate surface area is 135 Å². The first-order valence-electron chi connectivity index (χ1n) is 7.11. The zero-order chi connectivity index (χ0) is 17.9. The average Bonchev–Trinajstić information content (AvgIpc) is 3.01. The minimum absolute atomic E-state index is 0.0462. The number of hydrogen-bond donors (Lipinski definition) is 1. The molecule has 1 heterocycles. The van der Waals surface area contributed by atoms with E-state index in [2.05, 4.69) is 10.1 Å². The van der Waals surface area contributed by atoms with Crippen LogP contribution in [0.5, 0.6) is 0 Å². The third-order valence-electron chi connectivity index (χ3n) is 3.59. The van der Waals surface area contributed by atoms with Crippen LogP contribution >= 0.6 is 0 Å². The van der Waals surface area contributed by atoms with Crippen molar-refractivity contribution in [3.63, 3.8) is 0 Å². The van der Waals surface area contributed by atoms with Gasteiger partial charge in [-0.1, -0.05) is 17.3 Å². The number of carboxylic acid groups (broad SMARTS) is 1. The lowest BCUT2D eigenvalue weighted by Crippen LogP contribution is -2.25. The van der Waals surface area contributed by atoms with Crippen molar-refractivity contribution in [3.05, 3.63) is 35.7 Å². The van der Waals surface area contributed by atoms with Gasteiger partial charge < -0.3 is 9.63 Å². The Bertz CT molecular complexity index is 715. The van der Waals surface area contributed by atoms with E-state index >= 15 is 0 Å². The Morgan fingerprint density at radius 2 is 2.12 bits per heavy atom. The highest BCUT2D eigenvalue weighted by Crippen LogP contribution is 2.31. The van der Waals surface area contributed by atoms with Crippen LogP contribution in [0.25, 0.3) is 11.4 Å². The number of carboxylic acids is 1. The van der Waals surface area contributed by atoms with Gasteiger partial charge in [-0.3, -0.25) is 9.69 Å². The monoisotopic (exact) mass is 343 g/mol. The van der Waals surface area contributed by atoms with E-state index in [0.29, 0.717) is 0 Å². The summed E-state index contributed by atoms with van der Waals surface area (Å²) in [6.45, 7) is 2.02. The van der Waals surface area contributed by atoms with Crippen molar-refractivity contribution in [2.45, 2.75) is 25.6 Å². The van der Waals surface area contributed by atoms with Crippen LogP contribution in [0.2, 0.25) is 0 Å². The normalized spacial score (nSPS) is 13.2. The van der Waals surface area contributed by atoms with Gasteiger partial charge in [0.15, 0.2) is 0 Å². The summed E-state index contributed by atoms with van der Waals surface area (Å²) in [6, 6.07) is 4.29. The van der Waals surface area contributed by atoms with Gasteiger partial charge in [0.05, 0.1) is 18.0 Å². The molecule has 2 aromatic rings. The van der Waals surface area contributed by atoms with Crippen LogP contribution in [-0.2, 0) is 11.0 Å². The second-order valence-corrected chi connectivity index (χ2v) is 5.34. The molecule has 1 aromatic carbocycles. The van der Waals surface area contributed by atoms with Gasteiger partial charge in [-0.05, 0) is 26.1 Å². The molecule has 0 fully saturated rings. The Morgan fingerprint density at radius 3 is 2.75 bits per heavy atom. The number of carbonyl (C=O) groups is 1. The molecule has 0 aliphatic carbocycles. The highest BCUT2D eigenvalue weighted by atomic mass is 19.4. The molecule has 1 atom stereocenters. The van der Waals surface area contributed by atoms with Crippen molar-refractivity contribution in [3.8, 4) is 11.4 Å². The molecule has 1 aromatic heterocycles. The predicted octanol–water partition coefficient (Wildman–Crippen LogP) is 3.22. The highest BCUT2D eigenvalue weighted by Gasteiger charge is 2.31. The van der Waals surface area contributed by atoms with Crippen LogP contribution in [0.3, 0.4) is 0 Å². The van der Waals surface area contributed by atoms with Gasteiger partial charge in [0, 0.05) is 12.1 Å². The van der Waals surface area contributed by atoms with E-state index in [4.69, 9.17) is 9.63 Å². The van der Waals surface area contributed by atoms with E-state index in [1.165, 1.54) is 12.1 Å². The molecular weight excluding hydrogens is 327 g/mol. The fourth-order valence-corrected chi connectivity index (χ4v) is 2.01. The summed E-state index contributed by atoms with van der Waals surface area (Å²) in [7, 11) is 1.70. The smallest absolute Gasteiger partial charge is 0.416 e. The predicted molar refractivity (Wildman–Crippen MR) is 78.0 cm³/mol. The lowest BCUT2D eigenvalue weighted by atomic mass is 10.1. The molecule has 6 nitrogen and oxygen atoms in total. The first-order chi connectivity index (χ1) is 11.2. The summed E-state index contributed by atoms with van der Waals surface area (Å²) in [4.78, 5) is 16.4. The maximum absolute atomic E-state index is 12.8. The minimum atomic E-state index is -4.45. The van der Waals surface area contributed by atoms with E-state index in [-0.39, 0.29) is 36.3 Å². The van der Waals surface area contributed by atoms with Crippen molar-refractivity contribution in [1.82, 2.24) is 15.0 Å². The van der Waals surface area contributed by atoms with Crippen LogP contribution in [0.4, 0.5) is 13.2 Å². The van der Waals surface area contributed by atoms with Gasteiger partial charge in [0.25, 0.3) is 0 Å². The molecule has 0 radical (unpaired) electrons. The molecule has 130 valence electrons. The SMILES string of the molecule is CC(c1nc(-c2cccc(C(F)(F)F)c2)no1)N(C)CCC(=O)O. The van der Waals surface area contributed by atoms with E-state index in [1.807, 2.05) is 0 Å². The quantitative estimate of drug-likeness (QED) is 0.867. The number of halogens is 3. The summed E-state index contributed by atoms with van der Waals surface area (Å²) in [6.07, 6.45) is -4.50. The highest BCUT2D eigenvalue weighted by molar-refractivity contribution is 5.66. The maximum atomic E-state index is 12.8. The Morgan fingerprint density at radius 1 is 1.42 bits per heavy atom. The Hall–Kier alpha value is -2.42. The van der Waals surface area contributed by atoms with Crippen molar-refractivity contribution >= 4 is 5.97 Å². The molecule has 2 rings (SSSR count). The van der Waals surface area contributed by atoms with E-state index in [9.17, 15) is 18.0 Å². The average molecular weight is 343 g/mol. The molecule has 0 amide bonds. The standard InChI is InChI=1S/C15H16F3N3O3/c1-9(21(2)7-6-12(22)23)14-19-13(20-24-14)10-4-3-5-11(8-10)15(16,17)18/h3-5,8-9H,6-7H2,1-2H3,(H,22,23). The molecule has 9 heteroatoms. The molecule has 0 bridgehead atoms. The zero-order valence-corrected chi connectivity index (χ0v) is 13.0. The number of aromatic nitrogens is 2. The molecule has 0 spiro atoms. The second kappa shape index (κ2) is 7.00. The Balaban J connectivity index is 2.17. The lowest BCUT2D eigenvalue weighted by Gasteiger charge is -2.20. The summed E-state index contributed by atoms with van der Waals surface area (Å²) >= 11 is 0. The van der Waals surface area contributed by atoms with Gasteiger partial charge in [-0.25, -0.2) is 0 Å². The first kappa shape index (κ1) is 17.9. The Kier molecular flexibility index (Phi) is 5.23. The summed E-state index contributed by atoms with van der Waals surface area (Å²) in [5.74, 6) is -0.672. The van der Waals surface area contributed by atoms with Gasteiger partial charge in [0.2, 0.25) is 11.7 Å². The molecule has 1 unspecified atom stereocenters. The zero-order valence-electron chi connectivity index (χ0n) is 13.0. The number of alkyl halides is 3. The molecule has 0 aliphatic rings. The van der Waals surface area contributed by atoms with Gasteiger partial charge in [0.1, 0.15) is 0 Å². The molecular formula is C15H16F3N3O3. The molecule has 24 heavy (non-hydrogen) atoms. The molecule has 0 saturated carbocycles. The summed E-state index contributed by atoms with van der Waals surface area (Å²) in [5.41, 5.74) is -0.599. The van der Waals surface area contributed by atoms with Crippen LogP contribution < -0.4 is 0 Å². The number of hydrogen-bond acceptors (Lipinski definition) is 5. The largest absolute Gasteiger partial charge is 0.481 e. The van der Waals surface area contributed by atoms with E-state index in [1.54, 1.807) is 18.9 Å². The van der Waals surface area contributed by atoms with E-state index in [0.717, 1.165) is 12.1 Å². The number of aliphatic carboxylic acids is 1. The van der Waals surface area contributed by atoms with Gasteiger partial charge >= 0.3 is 12.1 Å². The van der Waals surface area contributed by atoms with Crippen molar-refractivity contribution < 1.29 is 27.6 Å². The fourth-order valence-electron chi connectivity index (χ4n) is 2.01. The molecule has 0 saturated heterocycles. The van der Waals surface area contributed by atoms with Crippen LogP contribution in [0.1, 0.15) is 30.8 Å². The summed E-state index contributed by atoms with van der Waals surface area (Å²) < 4.78 is 43.4. The van der Waals surface area contributed by atoms with Crippen molar-refractivity contribution in [1.29, 1.82) is 0 Å². The van der Waals surface area contributed by atoms with Gasteiger partial charge in [-0.2, -0.15) is 18.2 Å². The fraction of sp³-hybridized carbons (Fsp3) is 0.400. The molecule has 1 N–H and O–H groups in total. The number of benzene rings is 1. The van der Waals surface area contributed by atoms with E-state index < -0.39 is 17.7 Å². The summed E-state index contributed by atoms with van der Waals surface area (Å²) in [5, 5.41) is 12.4. The lowest BCUT2D eigenvalue weighted by molar-refractivity contribution is -0.138. The van der Waals surface area contributed by atoms with Gasteiger partial charge in [-0.15, -0.1) is 0 Å². The number of nitrogens with zero attached hydrogens (tertiary/aromatic N) is 3. The topological polar surface area (TPSA) is 79.5 Å².